The molecule has 0 unspecified atom stereocenters. The van der Waals surface area contributed by atoms with Gasteiger partial charge in [0.2, 0.25) is 0 Å². The second-order valence-electron chi connectivity index (χ2n) is 7.98. The number of aromatic nitrogens is 2. The summed E-state index contributed by atoms with van der Waals surface area (Å²) in [6, 6.07) is 14.8. The SMILES string of the molecule is CN(C)C[C@@H]1CN(Cc2cnn(-c3ccc4ccccc4c3)c2)C[C@@H]1CO. The van der Waals surface area contributed by atoms with Crippen LogP contribution in [0.15, 0.2) is 54.9 Å². The van der Waals surface area contributed by atoms with E-state index < -0.39 is 0 Å². The second-order valence-corrected chi connectivity index (χ2v) is 7.98. The van der Waals surface area contributed by atoms with Gasteiger partial charge in [0.25, 0.3) is 0 Å². The third kappa shape index (κ3) is 4.05. The lowest BCUT2D eigenvalue weighted by molar-refractivity contribution is 0.183. The Morgan fingerprint density at radius 3 is 2.63 bits per heavy atom. The highest BCUT2D eigenvalue weighted by Gasteiger charge is 2.32. The highest BCUT2D eigenvalue weighted by Crippen LogP contribution is 2.25. The molecule has 1 saturated heterocycles. The van der Waals surface area contributed by atoms with Gasteiger partial charge in [0, 0.05) is 44.5 Å². The van der Waals surface area contributed by atoms with Gasteiger partial charge in [0.05, 0.1) is 11.9 Å². The van der Waals surface area contributed by atoms with Crippen molar-refractivity contribution in [2.24, 2.45) is 11.8 Å². The molecule has 0 aliphatic carbocycles. The Hall–Kier alpha value is -2.21. The van der Waals surface area contributed by atoms with Gasteiger partial charge in [-0.25, -0.2) is 4.68 Å². The van der Waals surface area contributed by atoms with Crippen molar-refractivity contribution in [3.05, 3.63) is 60.4 Å². The molecule has 0 radical (unpaired) electrons. The van der Waals surface area contributed by atoms with Gasteiger partial charge in [0.15, 0.2) is 0 Å². The predicted octanol–water partition coefficient (Wildman–Crippen LogP) is 2.63. The molecule has 2 atom stereocenters. The number of fused-ring (bicyclic) bond motifs is 1. The monoisotopic (exact) mass is 364 g/mol. The van der Waals surface area contributed by atoms with Crippen molar-refractivity contribution in [3.63, 3.8) is 0 Å². The molecule has 1 aromatic heterocycles. The minimum Gasteiger partial charge on any atom is -0.396 e. The van der Waals surface area contributed by atoms with Crippen LogP contribution in [0.2, 0.25) is 0 Å². The quantitative estimate of drug-likeness (QED) is 0.730. The average Bonchev–Trinajstić information content (AvgIpc) is 3.28. The molecule has 27 heavy (non-hydrogen) atoms. The van der Waals surface area contributed by atoms with Gasteiger partial charge in [-0.3, -0.25) is 4.90 Å². The third-order valence-corrected chi connectivity index (χ3v) is 5.53. The summed E-state index contributed by atoms with van der Waals surface area (Å²) in [6.45, 7) is 4.16. The summed E-state index contributed by atoms with van der Waals surface area (Å²) in [7, 11) is 4.20. The van der Waals surface area contributed by atoms with Crippen molar-refractivity contribution in [2.45, 2.75) is 6.54 Å². The molecule has 5 heteroatoms. The first-order valence-electron chi connectivity index (χ1n) is 9.63. The standard InChI is InChI=1S/C22H28N4O/c1-24(2)13-20-14-25(15-21(20)16-27)11-17-10-23-26(12-17)22-8-7-18-5-3-4-6-19(18)9-22/h3-10,12,20-21,27H,11,13-16H2,1-2H3/t20-,21-/m1/s1. The molecule has 1 fully saturated rings. The fraction of sp³-hybridized carbons (Fsp3) is 0.409. The summed E-state index contributed by atoms with van der Waals surface area (Å²) < 4.78 is 1.96. The van der Waals surface area contributed by atoms with Crippen LogP contribution in [0.4, 0.5) is 0 Å². The van der Waals surface area contributed by atoms with Crippen molar-refractivity contribution >= 4 is 10.8 Å². The number of benzene rings is 2. The van der Waals surface area contributed by atoms with Crippen LogP contribution in [0.5, 0.6) is 0 Å². The highest BCUT2D eigenvalue weighted by molar-refractivity contribution is 5.84. The maximum absolute atomic E-state index is 9.71. The predicted molar refractivity (Wildman–Crippen MR) is 109 cm³/mol. The third-order valence-electron chi connectivity index (χ3n) is 5.53. The molecule has 1 N–H and O–H groups in total. The van der Waals surface area contributed by atoms with Crippen molar-refractivity contribution < 1.29 is 5.11 Å². The van der Waals surface area contributed by atoms with Crippen molar-refractivity contribution in [2.75, 3.05) is 40.3 Å². The van der Waals surface area contributed by atoms with Gasteiger partial charge in [-0.15, -0.1) is 0 Å². The largest absolute Gasteiger partial charge is 0.396 e. The minimum atomic E-state index is 0.269. The van der Waals surface area contributed by atoms with Crippen LogP contribution in [0, 0.1) is 11.8 Å². The average molecular weight is 364 g/mol. The summed E-state index contributed by atoms with van der Waals surface area (Å²) in [5, 5.41) is 16.8. The van der Waals surface area contributed by atoms with E-state index >= 15 is 0 Å². The molecule has 2 aromatic carbocycles. The van der Waals surface area contributed by atoms with E-state index in [4.69, 9.17) is 0 Å². The topological polar surface area (TPSA) is 44.5 Å². The second kappa shape index (κ2) is 7.80. The number of nitrogens with zero attached hydrogens (tertiary/aromatic N) is 4. The number of likely N-dealkylation sites (tertiary alicyclic amines) is 1. The Kier molecular flexibility index (Phi) is 5.25. The zero-order valence-electron chi connectivity index (χ0n) is 16.1. The molecule has 0 spiro atoms. The number of rotatable bonds is 6. The van der Waals surface area contributed by atoms with Crippen molar-refractivity contribution in [1.82, 2.24) is 19.6 Å². The summed E-state index contributed by atoms with van der Waals surface area (Å²) in [4.78, 5) is 4.66. The zero-order chi connectivity index (χ0) is 18.8. The molecule has 0 amide bonds. The molecule has 1 aliphatic rings. The molecule has 1 aliphatic heterocycles. The van der Waals surface area contributed by atoms with E-state index in [0.29, 0.717) is 11.8 Å². The molecular weight excluding hydrogens is 336 g/mol. The van der Waals surface area contributed by atoms with Gasteiger partial charge in [-0.05, 0) is 48.8 Å². The van der Waals surface area contributed by atoms with Crippen LogP contribution in [0.1, 0.15) is 5.56 Å². The summed E-state index contributed by atoms with van der Waals surface area (Å²) in [6.07, 6.45) is 4.08. The smallest absolute Gasteiger partial charge is 0.0652 e. The lowest BCUT2D eigenvalue weighted by Crippen LogP contribution is -2.28. The maximum Gasteiger partial charge on any atom is 0.0652 e. The fourth-order valence-corrected chi connectivity index (χ4v) is 4.21. The molecule has 0 saturated carbocycles. The minimum absolute atomic E-state index is 0.269. The lowest BCUT2D eigenvalue weighted by Gasteiger charge is -2.20. The molecule has 3 aromatic rings. The zero-order valence-corrected chi connectivity index (χ0v) is 16.1. The van der Waals surface area contributed by atoms with Crippen LogP contribution in [-0.4, -0.2) is 65.0 Å². The highest BCUT2D eigenvalue weighted by atomic mass is 16.3. The van der Waals surface area contributed by atoms with E-state index in [1.54, 1.807) is 0 Å². The molecule has 0 bridgehead atoms. The summed E-state index contributed by atoms with van der Waals surface area (Å²) >= 11 is 0. The molecule has 5 nitrogen and oxygen atoms in total. The Bertz CT molecular complexity index is 904. The van der Waals surface area contributed by atoms with Gasteiger partial charge in [-0.2, -0.15) is 5.10 Å². The molecule has 142 valence electrons. The number of aliphatic hydroxyl groups is 1. The maximum atomic E-state index is 9.71. The lowest BCUT2D eigenvalue weighted by atomic mass is 9.97. The first-order valence-corrected chi connectivity index (χ1v) is 9.63. The van der Waals surface area contributed by atoms with Crippen LogP contribution in [-0.2, 0) is 6.54 Å². The van der Waals surface area contributed by atoms with Crippen molar-refractivity contribution in [3.8, 4) is 5.69 Å². The Morgan fingerprint density at radius 1 is 1.07 bits per heavy atom. The van der Waals surface area contributed by atoms with Crippen LogP contribution >= 0.6 is 0 Å². The van der Waals surface area contributed by atoms with Gasteiger partial charge in [-0.1, -0.05) is 30.3 Å². The number of hydrogen-bond donors (Lipinski definition) is 1. The van der Waals surface area contributed by atoms with Gasteiger partial charge >= 0.3 is 0 Å². The van der Waals surface area contributed by atoms with E-state index in [0.717, 1.165) is 31.9 Å². The Labute approximate surface area is 160 Å². The van der Waals surface area contributed by atoms with E-state index in [1.165, 1.54) is 16.3 Å². The van der Waals surface area contributed by atoms with Crippen LogP contribution < -0.4 is 0 Å². The number of hydrogen-bond acceptors (Lipinski definition) is 4. The Morgan fingerprint density at radius 2 is 1.85 bits per heavy atom. The first-order chi connectivity index (χ1) is 13.1. The van der Waals surface area contributed by atoms with Gasteiger partial charge in [0.1, 0.15) is 0 Å². The Balaban J connectivity index is 1.46. The fourth-order valence-electron chi connectivity index (χ4n) is 4.21. The van der Waals surface area contributed by atoms with E-state index in [2.05, 4.69) is 77.7 Å². The van der Waals surface area contributed by atoms with Gasteiger partial charge < -0.3 is 10.0 Å². The van der Waals surface area contributed by atoms with Crippen LogP contribution in [0.25, 0.3) is 16.5 Å². The normalized spacial score (nSPS) is 20.7. The molecule has 4 rings (SSSR count). The molecular formula is C22H28N4O. The van der Waals surface area contributed by atoms with Crippen LogP contribution in [0.3, 0.4) is 0 Å². The van der Waals surface area contributed by atoms with E-state index in [1.807, 2.05) is 10.9 Å². The van der Waals surface area contributed by atoms with E-state index in [9.17, 15) is 5.11 Å². The first kappa shape index (κ1) is 18.2. The summed E-state index contributed by atoms with van der Waals surface area (Å²) in [5.74, 6) is 0.892. The molecule has 2 heterocycles. The number of aliphatic hydroxyl groups excluding tert-OH is 1. The summed E-state index contributed by atoms with van der Waals surface area (Å²) in [5.41, 5.74) is 2.30. The van der Waals surface area contributed by atoms with Crippen molar-refractivity contribution in [1.29, 1.82) is 0 Å². The van der Waals surface area contributed by atoms with E-state index in [-0.39, 0.29) is 6.61 Å².